The van der Waals surface area contributed by atoms with Crippen molar-refractivity contribution in [1.29, 1.82) is 0 Å². The molecule has 0 radical (unpaired) electrons. The van der Waals surface area contributed by atoms with E-state index in [1.807, 2.05) is 18.8 Å². The number of aromatic hydroxyl groups is 1. The van der Waals surface area contributed by atoms with Gasteiger partial charge in [-0.1, -0.05) is 31.5 Å². The van der Waals surface area contributed by atoms with Gasteiger partial charge in [0.1, 0.15) is 18.2 Å². The van der Waals surface area contributed by atoms with Crippen LogP contribution >= 0.6 is 11.6 Å². The number of aromatic amines is 1. The average Bonchev–Trinajstić information content (AvgIpc) is 2.89. The van der Waals surface area contributed by atoms with E-state index in [1.165, 1.54) is 31.2 Å². The van der Waals surface area contributed by atoms with Gasteiger partial charge in [-0.3, -0.25) is 14.3 Å². The highest BCUT2D eigenvalue weighted by atomic mass is 35.5. The normalized spacial score (nSPS) is 12.8. The third kappa shape index (κ3) is 9.01. The minimum Gasteiger partial charge on any atom is -0.506 e. The maximum Gasteiger partial charge on any atom is 0.573 e. The first-order valence-corrected chi connectivity index (χ1v) is 12.5. The minimum absolute atomic E-state index is 0.0363. The van der Waals surface area contributed by atoms with E-state index < -0.39 is 48.0 Å². The van der Waals surface area contributed by atoms with Gasteiger partial charge in [0.2, 0.25) is 0 Å². The van der Waals surface area contributed by atoms with Crippen molar-refractivity contribution < 1.29 is 46.0 Å². The van der Waals surface area contributed by atoms with E-state index in [1.54, 1.807) is 0 Å². The Morgan fingerprint density at radius 2 is 1.71 bits per heavy atom. The second-order valence-corrected chi connectivity index (χ2v) is 8.76. The van der Waals surface area contributed by atoms with Gasteiger partial charge >= 0.3 is 18.2 Å². The van der Waals surface area contributed by atoms with Crippen LogP contribution in [0.1, 0.15) is 37.5 Å². The van der Waals surface area contributed by atoms with E-state index in [0.29, 0.717) is 10.1 Å². The number of hydrogen-bond donors (Lipinski definition) is 3. The number of aliphatic imine (C=N–C) groups is 1. The number of phenolic OH excluding ortho intramolecular Hbond substituents is 1. The van der Waals surface area contributed by atoms with Crippen LogP contribution in [0.2, 0.25) is 5.02 Å². The lowest BCUT2D eigenvalue weighted by molar-refractivity contribution is -0.275. The monoisotopic (exact) mass is 625 g/mol. The number of nitrogens with one attached hydrogen (secondary N) is 1. The Bertz CT molecular complexity index is 1550. The highest BCUT2D eigenvalue weighted by molar-refractivity contribution is 6.32. The molecule has 0 bridgehead atoms. The molecule has 9 nitrogen and oxygen atoms in total. The summed E-state index contributed by atoms with van der Waals surface area (Å²) in [7, 11) is 0. The highest BCUT2D eigenvalue weighted by Gasteiger charge is 2.39. The van der Waals surface area contributed by atoms with Gasteiger partial charge in [0.15, 0.2) is 17.6 Å². The van der Waals surface area contributed by atoms with Crippen LogP contribution in [0, 0.1) is 6.92 Å². The standard InChI is InChI=1S/C24H20ClF6N3O6.C2H6/c1-11-20(34(22(38)33-21(11)37)9-19(36)23(26,27)28)32-12(2)14-4-6-17(18(8-14)40-24(29,30)31)39-10-13-3-5-15(25)16(35)7-13;1-2/h3-8,19,35-36H,9-10H2,1-2H3,(H,33,37,38);1-2H3/b32-12+;. The predicted molar refractivity (Wildman–Crippen MR) is 142 cm³/mol. The number of rotatable bonds is 8. The Hall–Kier alpha value is -3.98. The Morgan fingerprint density at radius 3 is 2.29 bits per heavy atom. The number of ether oxygens (including phenoxy) is 2. The summed E-state index contributed by atoms with van der Waals surface area (Å²) in [6, 6.07) is 7.32. The largest absolute Gasteiger partial charge is 0.573 e. The van der Waals surface area contributed by atoms with Gasteiger partial charge in [0.25, 0.3) is 5.56 Å². The molecule has 42 heavy (non-hydrogen) atoms. The molecule has 0 saturated carbocycles. The second kappa shape index (κ2) is 13.8. The number of nitrogens with zero attached hydrogens (tertiary/aromatic N) is 2. The maximum absolute atomic E-state index is 13.1. The zero-order valence-electron chi connectivity index (χ0n) is 22.5. The lowest BCUT2D eigenvalue weighted by Crippen LogP contribution is -2.39. The van der Waals surface area contributed by atoms with Crippen LogP contribution in [0.5, 0.6) is 17.2 Å². The summed E-state index contributed by atoms with van der Waals surface area (Å²) in [6.07, 6.45) is -13.2. The molecule has 0 aliphatic rings. The molecule has 0 amide bonds. The van der Waals surface area contributed by atoms with E-state index in [-0.39, 0.29) is 40.0 Å². The van der Waals surface area contributed by atoms with Crippen LogP contribution in [-0.2, 0) is 13.2 Å². The lowest BCUT2D eigenvalue weighted by atomic mass is 10.1. The van der Waals surface area contributed by atoms with Crippen molar-refractivity contribution in [3.63, 3.8) is 0 Å². The molecular formula is C26H26ClF6N3O6. The molecule has 2 aromatic carbocycles. The van der Waals surface area contributed by atoms with E-state index in [4.69, 9.17) is 16.3 Å². The summed E-state index contributed by atoms with van der Waals surface area (Å²) >= 11 is 5.73. The molecule has 3 N–H and O–H groups in total. The van der Waals surface area contributed by atoms with E-state index in [2.05, 4.69) is 9.73 Å². The zero-order valence-corrected chi connectivity index (χ0v) is 23.3. The van der Waals surface area contributed by atoms with Crippen molar-refractivity contribution in [1.82, 2.24) is 9.55 Å². The molecule has 16 heteroatoms. The summed E-state index contributed by atoms with van der Waals surface area (Å²) in [4.78, 5) is 30.2. The number of halogens is 7. The Kier molecular flexibility index (Phi) is 11.2. The Balaban J connectivity index is 0.00000301. The fourth-order valence-electron chi connectivity index (χ4n) is 3.34. The third-order valence-corrected chi connectivity index (χ3v) is 5.72. The molecule has 1 unspecified atom stereocenters. The molecule has 0 aliphatic heterocycles. The molecule has 1 heterocycles. The SMILES string of the molecule is C/C(=N\c1c(C)c(=O)[nH]c(=O)n1CC(O)C(F)(F)F)c1ccc(OCc2ccc(Cl)c(O)c2)c(OC(F)(F)F)c1.CC. The van der Waals surface area contributed by atoms with E-state index in [9.17, 15) is 46.1 Å². The summed E-state index contributed by atoms with van der Waals surface area (Å²) in [5.41, 5.74) is -2.33. The number of aliphatic hydroxyl groups excluding tert-OH is 1. The van der Waals surface area contributed by atoms with Gasteiger partial charge in [-0.15, -0.1) is 13.2 Å². The molecular weight excluding hydrogens is 600 g/mol. The lowest BCUT2D eigenvalue weighted by Gasteiger charge is -2.18. The molecule has 3 rings (SSSR count). The second-order valence-electron chi connectivity index (χ2n) is 8.36. The molecule has 3 aromatic rings. The van der Waals surface area contributed by atoms with Crippen molar-refractivity contribution in [2.45, 2.75) is 59.5 Å². The summed E-state index contributed by atoms with van der Waals surface area (Å²) < 4.78 is 88.0. The van der Waals surface area contributed by atoms with Gasteiger partial charge in [-0.25, -0.2) is 9.79 Å². The fraction of sp³-hybridized carbons (Fsp3) is 0.346. The van der Waals surface area contributed by atoms with Crippen molar-refractivity contribution >= 4 is 23.1 Å². The molecule has 1 atom stereocenters. The van der Waals surface area contributed by atoms with Gasteiger partial charge in [0.05, 0.1) is 17.1 Å². The first-order valence-electron chi connectivity index (χ1n) is 12.1. The number of hydrogen-bond acceptors (Lipinski definition) is 7. The molecule has 0 fully saturated rings. The van der Waals surface area contributed by atoms with Crippen LogP contribution in [-0.4, -0.2) is 44.1 Å². The van der Waals surface area contributed by atoms with Crippen molar-refractivity contribution in [2.75, 3.05) is 0 Å². The quantitative estimate of drug-likeness (QED) is 0.216. The molecule has 230 valence electrons. The fourth-order valence-corrected chi connectivity index (χ4v) is 3.46. The van der Waals surface area contributed by atoms with Crippen LogP contribution in [0.25, 0.3) is 0 Å². The third-order valence-electron chi connectivity index (χ3n) is 5.40. The van der Waals surface area contributed by atoms with Crippen LogP contribution in [0.3, 0.4) is 0 Å². The van der Waals surface area contributed by atoms with E-state index >= 15 is 0 Å². The number of alkyl halides is 6. The van der Waals surface area contributed by atoms with Crippen molar-refractivity contribution in [3.8, 4) is 17.2 Å². The molecule has 0 aliphatic carbocycles. The molecule has 0 saturated heterocycles. The summed E-state index contributed by atoms with van der Waals surface area (Å²) in [5, 5.41) is 19.2. The first kappa shape index (κ1) is 34.2. The Morgan fingerprint density at radius 1 is 1.07 bits per heavy atom. The Labute approximate surface area is 239 Å². The number of aromatic nitrogens is 2. The topological polar surface area (TPSA) is 126 Å². The predicted octanol–water partition coefficient (Wildman–Crippen LogP) is 5.77. The number of phenols is 1. The minimum atomic E-state index is -5.14. The number of benzene rings is 2. The van der Waals surface area contributed by atoms with Crippen LogP contribution in [0.4, 0.5) is 32.2 Å². The van der Waals surface area contributed by atoms with E-state index in [0.717, 1.165) is 19.1 Å². The molecule has 1 aromatic heterocycles. The van der Waals surface area contributed by atoms with Gasteiger partial charge in [-0.05, 0) is 55.3 Å². The summed E-state index contributed by atoms with van der Waals surface area (Å²) in [6.45, 7) is 4.83. The zero-order chi connectivity index (χ0) is 32.0. The van der Waals surface area contributed by atoms with Crippen LogP contribution < -0.4 is 20.7 Å². The van der Waals surface area contributed by atoms with Crippen molar-refractivity contribution in [3.05, 3.63) is 78.9 Å². The number of aliphatic hydroxyl groups is 1. The first-order chi connectivity index (χ1) is 19.5. The van der Waals surface area contributed by atoms with Gasteiger partial charge < -0.3 is 19.7 Å². The smallest absolute Gasteiger partial charge is 0.506 e. The summed E-state index contributed by atoms with van der Waals surface area (Å²) in [5.74, 6) is -1.98. The average molecular weight is 626 g/mol. The molecule has 0 spiro atoms. The van der Waals surface area contributed by atoms with Gasteiger partial charge in [-0.2, -0.15) is 13.2 Å². The van der Waals surface area contributed by atoms with Crippen LogP contribution in [0.15, 0.2) is 51.0 Å². The number of H-pyrrole nitrogens is 1. The maximum atomic E-state index is 13.1. The van der Waals surface area contributed by atoms with Gasteiger partial charge in [0, 0.05) is 5.71 Å². The van der Waals surface area contributed by atoms with Crippen molar-refractivity contribution in [2.24, 2.45) is 4.99 Å². The highest BCUT2D eigenvalue weighted by Crippen LogP contribution is 2.35.